The molecule has 0 unspecified atom stereocenters. The Balaban J connectivity index is 2.21. The molecule has 0 bridgehead atoms. The molecule has 0 aliphatic carbocycles. The van der Waals surface area contributed by atoms with Gasteiger partial charge in [-0.2, -0.15) is 0 Å². The molecule has 5 heteroatoms. The quantitative estimate of drug-likeness (QED) is 0.358. The highest BCUT2D eigenvalue weighted by Crippen LogP contribution is 2.08. The van der Waals surface area contributed by atoms with Crippen molar-refractivity contribution in [3.05, 3.63) is 30.1 Å². The molecule has 0 amide bonds. The monoisotopic (exact) mass is 313 g/mol. The minimum Gasteiger partial charge on any atom is -0.748 e. The highest BCUT2D eigenvalue weighted by atomic mass is 32.2. The van der Waals surface area contributed by atoms with E-state index in [-0.39, 0.29) is 5.75 Å². The fraction of sp³-hybridized carbons (Fsp3) is 0.688. The molecule has 1 aromatic rings. The maximum atomic E-state index is 10.5. The minimum atomic E-state index is -4.09. The van der Waals surface area contributed by atoms with Gasteiger partial charge in [-0.15, -0.1) is 0 Å². The maximum absolute atomic E-state index is 10.5. The summed E-state index contributed by atoms with van der Waals surface area (Å²) >= 11 is 0. The van der Waals surface area contributed by atoms with Crippen LogP contribution in [0.2, 0.25) is 0 Å². The molecule has 0 saturated heterocycles. The van der Waals surface area contributed by atoms with Crippen LogP contribution in [-0.2, 0) is 23.1 Å². The molecule has 0 aliphatic rings. The molecule has 0 aromatic carbocycles. The number of aryl methyl sites for hydroxylation is 2. The first kappa shape index (κ1) is 18.1. The molecular formula is C16H27NO3S. The van der Waals surface area contributed by atoms with Crippen LogP contribution in [0.5, 0.6) is 0 Å². The molecule has 120 valence electrons. The van der Waals surface area contributed by atoms with Crippen molar-refractivity contribution in [2.75, 3.05) is 5.75 Å². The van der Waals surface area contributed by atoms with Crippen LogP contribution in [0.15, 0.2) is 24.5 Å². The number of aromatic nitrogens is 1. The van der Waals surface area contributed by atoms with Crippen molar-refractivity contribution >= 4 is 10.1 Å². The normalized spacial score (nSPS) is 11.7. The van der Waals surface area contributed by atoms with Crippen molar-refractivity contribution in [3.8, 4) is 0 Å². The lowest BCUT2D eigenvalue weighted by Crippen LogP contribution is -2.33. The standard InChI is InChI=1S/C16H27NO3S/c1-2-3-4-5-6-7-9-16-10-13-17(14-11-16)12-8-15-21(18,19)20/h10-11,13-14H,2-9,12,15H2,1H3. The Kier molecular flexibility index (Phi) is 8.54. The molecule has 0 radical (unpaired) electrons. The smallest absolute Gasteiger partial charge is 0.169 e. The van der Waals surface area contributed by atoms with Crippen LogP contribution in [-0.4, -0.2) is 18.7 Å². The summed E-state index contributed by atoms with van der Waals surface area (Å²) in [6.07, 6.45) is 13.2. The molecule has 1 rings (SSSR count). The van der Waals surface area contributed by atoms with Gasteiger partial charge in [0, 0.05) is 24.3 Å². The van der Waals surface area contributed by atoms with E-state index in [1.165, 1.54) is 44.1 Å². The summed E-state index contributed by atoms with van der Waals surface area (Å²) in [6.45, 7) is 2.80. The van der Waals surface area contributed by atoms with E-state index < -0.39 is 10.1 Å². The zero-order valence-electron chi connectivity index (χ0n) is 13.0. The topological polar surface area (TPSA) is 61.1 Å². The molecule has 0 aliphatic heterocycles. The lowest BCUT2D eigenvalue weighted by atomic mass is 10.1. The second-order valence-corrected chi connectivity index (χ2v) is 7.10. The molecular weight excluding hydrogens is 286 g/mol. The average molecular weight is 313 g/mol. The third-order valence-electron chi connectivity index (χ3n) is 3.59. The van der Waals surface area contributed by atoms with Gasteiger partial charge in [0.25, 0.3) is 0 Å². The minimum absolute atomic E-state index is 0.292. The van der Waals surface area contributed by atoms with E-state index in [1.54, 1.807) is 0 Å². The summed E-state index contributed by atoms with van der Waals surface area (Å²) < 4.78 is 33.5. The highest BCUT2D eigenvalue weighted by molar-refractivity contribution is 7.85. The van der Waals surface area contributed by atoms with Crippen LogP contribution in [0.25, 0.3) is 0 Å². The number of pyridine rings is 1. The van der Waals surface area contributed by atoms with Crippen molar-refractivity contribution in [3.63, 3.8) is 0 Å². The summed E-state index contributed by atoms with van der Waals surface area (Å²) in [6, 6.07) is 4.16. The van der Waals surface area contributed by atoms with E-state index in [0.717, 1.165) is 6.42 Å². The summed E-state index contributed by atoms with van der Waals surface area (Å²) in [5.74, 6) is -0.292. The van der Waals surface area contributed by atoms with Crippen LogP contribution >= 0.6 is 0 Å². The summed E-state index contributed by atoms with van der Waals surface area (Å²) in [7, 11) is -4.09. The molecule has 0 fully saturated rings. The molecule has 4 nitrogen and oxygen atoms in total. The molecule has 1 aromatic heterocycles. The lowest BCUT2D eigenvalue weighted by molar-refractivity contribution is -0.696. The Hall–Kier alpha value is -0.940. The number of hydrogen-bond donors (Lipinski definition) is 0. The molecule has 0 saturated carbocycles. The van der Waals surface area contributed by atoms with Gasteiger partial charge >= 0.3 is 0 Å². The molecule has 21 heavy (non-hydrogen) atoms. The lowest BCUT2D eigenvalue weighted by Gasteiger charge is -2.04. The van der Waals surface area contributed by atoms with Crippen LogP contribution in [0.4, 0.5) is 0 Å². The Labute approximate surface area is 129 Å². The Morgan fingerprint density at radius 3 is 2.24 bits per heavy atom. The Bertz CT molecular complexity index is 483. The van der Waals surface area contributed by atoms with Gasteiger partial charge in [-0.25, -0.2) is 13.0 Å². The largest absolute Gasteiger partial charge is 0.748 e. The summed E-state index contributed by atoms with van der Waals surface area (Å²) in [5, 5.41) is 0. The average Bonchev–Trinajstić information content (AvgIpc) is 2.43. The molecule has 0 N–H and O–H groups in total. The van der Waals surface area contributed by atoms with Crippen molar-refractivity contribution in [1.29, 1.82) is 0 Å². The van der Waals surface area contributed by atoms with E-state index in [1.807, 2.05) is 17.0 Å². The van der Waals surface area contributed by atoms with Gasteiger partial charge in [-0.05, 0) is 18.4 Å². The van der Waals surface area contributed by atoms with Gasteiger partial charge in [-0.1, -0.05) is 39.0 Å². The fourth-order valence-corrected chi connectivity index (χ4v) is 2.82. The van der Waals surface area contributed by atoms with Gasteiger partial charge in [0.05, 0.1) is 10.1 Å². The second-order valence-electron chi connectivity index (χ2n) is 5.58. The maximum Gasteiger partial charge on any atom is 0.169 e. The number of nitrogens with zero attached hydrogens (tertiary/aromatic N) is 1. The third kappa shape index (κ3) is 9.58. The summed E-state index contributed by atoms with van der Waals surface area (Å²) in [5.41, 5.74) is 1.32. The highest BCUT2D eigenvalue weighted by Gasteiger charge is 2.03. The Morgan fingerprint density at radius 1 is 1.00 bits per heavy atom. The number of unbranched alkanes of at least 4 members (excludes halogenated alkanes) is 5. The van der Waals surface area contributed by atoms with Crippen molar-refractivity contribution in [2.45, 2.75) is 64.8 Å². The zero-order chi connectivity index (χ0) is 15.6. The molecule has 1 heterocycles. The number of hydrogen-bond acceptors (Lipinski definition) is 3. The third-order valence-corrected chi connectivity index (χ3v) is 4.38. The first-order valence-electron chi connectivity index (χ1n) is 7.93. The van der Waals surface area contributed by atoms with Crippen LogP contribution < -0.4 is 4.57 Å². The van der Waals surface area contributed by atoms with Crippen molar-refractivity contribution < 1.29 is 17.5 Å². The molecule has 0 atom stereocenters. The van der Waals surface area contributed by atoms with Gasteiger partial charge < -0.3 is 4.55 Å². The van der Waals surface area contributed by atoms with Crippen LogP contribution in [0.3, 0.4) is 0 Å². The Morgan fingerprint density at radius 2 is 1.62 bits per heavy atom. The SMILES string of the molecule is CCCCCCCCc1cc[n+](CCCS(=O)(=O)[O-])cc1. The summed E-state index contributed by atoms with van der Waals surface area (Å²) in [4.78, 5) is 0. The van der Waals surface area contributed by atoms with Crippen LogP contribution in [0.1, 0.15) is 57.4 Å². The van der Waals surface area contributed by atoms with E-state index in [2.05, 4.69) is 19.1 Å². The van der Waals surface area contributed by atoms with Gasteiger partial charge in [0.1, 0.15) is 6.54 Å². The van der Waals surface area contributed by atoms with Gasteiger partial charge in [0.15, 0.2) is 12.4 Å². The van der Waals surface area contributed by atoms with Crippen LogP contribution in [0, 0.1) is 0 Å². The fourth-order valence-electron chi connectivity index (χ4n) is 2.34. The predicted octanol–water partition coefficient (Wildman–Crippen LogP) is 2.81. The van der Waals surface area contributed by atoms with Gasteiger partial charge in [-0.3, -0.25) is 0 Å². The number of rotatable bonds is 11. The van der Waals surface area contributed by atoms with Crippen molar-refractivity contribution in [2.24, 2.45) is 0 Å². The van der Waals surface area contributed by atoms with E-state index >= 15 is 0 Å². The first-order valence-corrected chi connectivity index (χ1v) is 9.50. The van der Waals surface area contributed by atoms with Gasteiger partial charge in [0.2, 0.25) is 0 Å². The molecule has 0 spiro atoms. The second kappa shape index (κ2) is 9.90. The zero-order valence-corrected chi connectivity index (χ0v) is 13.8. The van der Waals surface area contributed by atoms with E-state index in [0.29, 0.717) is 13.0 Å². The van der Waals surface area contributed by atoms with E-state index in [4.69, 9.17) is 0 Å². The van der Waals surface area contributed by atoms with E-state index in [9.17, 15) is 13.0 Å². The predicted molar refractivity (Wildman–Crippen MR) is 82.9 cm³/mol. The first-order chi connectivity index (χ1) is 10.0. The van der Waals surface area contributed by atoms with Crippen molar-refractivity contribution in [1.82, 2.24) is 0 Å².